The second kappa shape index (κ2) is 8.02. The molecule has 0 atom stereocenters. The van der Waals surface area contributed by atoms with Crippen LogP contribution in [0.2, 0.25) is 0 Å². The molecule has 3 aromatic rings. The Kier molecular flexibility index (Phi) is 5.44. The number of nitrogens with two attached hydrogens (primary N) is 1. The summed E-state index contributed by atoms with van der Waals surface area (Å²) in [7, 11) is -4.13. The van der Waals surface area contributed by atoms with Crippen LogP contribution in [0.1, 0.15) is 24.8 Å². The third-order valence-corrected chi connectivity index (χ3v) is 5.90. The molecular weight excluding hydrogens is 395 g/mol. The molecule has 1 aromatic heterocycles. The van der Waals surface area contributed by atoms with Gasteiger partial charge in [-0.1, -0.05) is 29.8 Å². The Bertz CT molecular complexity index is 1120. The van der Waals surface area contributed by atoms with Gasteiger partial charge in [0.15, 0.2) is 0 Å². The van der Waals surface area contributed by atoms with Gasteiger partial charge in [0, 0.05) is 17.7 Å². The average molecular weight is 416 g/mol. The molecule has 0 amide bonds. The zero-order valence-corrected chi connectivity index (χ0v) is 16.5. The maximum Gasteiger partial charge on any atom is 0.258 e. The van der Waals surface area contributed by atoms with Gasteiger partial charge >= 0.3 is 0 Å². The number of primary sulfonamides is 1. The minimum atomic E-state index is -4.13. The first-order valence-corrected chi connectivity index (χ1v) is 10.9. The van der Waals surface area contributed by atoms with Crippen molar-refractivity contribution in [1.29, 1.82) is 0 Å². The first kappa shape index (κ1) is 19.7. The quantitative estimate of drug-likeness (QED) is 0.685. The fourth-order valence-electron chi connectivity index (χ4n) is 3.51. The van der Waals surface area contributed by atoms with E-state index in [4.69, 9.17) is 9.66 Å². The number of sulfonamides is 1. The molecule has 0 spiro atoms. The highest BCUT2D eigenvalue weighted by molar-refractivity contribution is 7.89. The molecular formula is C20H21FN4O3S. The van der Waals surface area contributed by atoms with Crippen LogP contribution in [0, 0.1) is 5.82 Å². The summed E-state index contributed by atoms with van der Waals surface area (Å²) in [5.74, 6) is -0.481. The second-order valence-electron chi connectivity index (χ2n) is 7.15. The molecule has 9 heteroatoms. The molecule has 2 aromatic carbocycles. The van der Waals surface area contributed by atoms with Gasteiger partial charge in [0.1, 0.15) is 10.7 Å². The highest BCUT2D eigenvalue weighted by Gasteiger charge is 2.18. The molecule has 1 aliphatic heterocycles. The molecule has 0 aliphatic carbocycles. The van der Waals surface area contributed by atoms with Crippen LogP contribution in [0.25, 0.3) is 22.8 Å². The standard InChI is InChI=1S/C20H21FN4O3S/c21-17-12-16(7-8-18(17)29(22,26)27)20-23-19(24-28-20)15-6-4-5-14(11-15)13-25-9-2-1-3-10-25/h4-8,11-12H,1-3,9-10,13H2,(H2,22,26,27). The highest BCUT2D eigenvalue weighted by atomic mass is 32.2. The predicted octanol–water partition coefficient (Wildman–Crippen LogP) is 3.18. The maximum absolute atomic E-state index is 14.1. The molecule has 4 rings (SSSR count). The Labute approximate surface area is 168 Å². The number of halogens is 1. The summed E-state index contributed by atoms with van der Waals surface area (Å²) >= 11 is 0. The van der Waals surface area contributed by atoms with Crippen LogP contribution in [0.4, 0.5) is 4.39 Å². The van der Waals surface area contributed by atoms with Crippen LogP contribution >= 0.6 is 0 Å². The Morgan fingerprint density at radius 3 is 2.59 bits per heavy atom. The third-order valence-electron chi connectivity index (χ3n) is 4.95. The van der Waals surface area contributed by atoms with Crippen LogP contribution in [-0.2, 0) is 16.6 Å². The number of aromatic nitrogens is 2. The van der Waals surface area contributed by atoms with Crippen molar-refractivity contribution in [2.45, 2.75) is 30.7 Å². The van der Waals surface area contributed by atoms with Crippen LogP contribution in [0.15, 0.2) is 51.9 Å². The minimum absolute atomic E-state index is 0.0984. The third kappa shape index (κ3) is 4.52. The van der Waals surface area contributed by atoms with E-state index >= 15 is 0 Å². The lowest BCUT2D eigenvalue weighted by molar-refractivity contribution is 0.221. The van der Waals surface area contributed by atoms with Gasteiger partial charge in [0.05, 0.1) is 0 Å². The van der Waals surface area contributed by atoms with Crippen molar-refractivity contribution in [1.82, 2.24) is 15.0 Å². The van der Waals surface area contributed by atoms with E-state index in [2.05, 4.69) is 21.1 Å². The Hall–Kier alpha value is -2.62. The van der Waals surface area contributed by atoms with Crippen molar-refractivity contribution in [3.63, 3.8) is 0 Å². The lowest BCUT2D eigenvalue weighted by Crippen LogP contribution is -2.29. The van der Waals surface area contributed by atoms with Crippen LogP contribution in [0.5, 0.6) is 0 Å². The van der Waals surface area contributed by atoms with Crippen LogP contribution in [0.3, 0.4) is 0 Å². The average Bonchev–Trinajstić information content (AvgIpc) is 3.18. The second-order valence-corrected chi connectivity index (χ2v) is 8.68. The van der Waals surface area contributed by atoms with Gasteiger partial charge in [0.25, 0.3) is 5.89 Å². The molecule has 0 radical (unpaired) electrons. The van der Waals surface area contributed by atoms with Gasteiger partial charge < -0.3 is 4.52 Å². The van der Waals surface area contributed by atoms with Gasteiger partial charge in [-0.3, -0.25) is 4.90 Å². The molecule has 7 nitrogen and oxygen atoms in total. The number of piperidine rings is 1. The fourth-order valence-corrected chi connectivity index (χ4v) is 4.10. The summed E-state index contributed by atoms with van der Waals surface area (Å²) < 4.78 is 42.0. The molecule has 0 saturated carbocycles. The van der Waals surface area contributed by atoms with E-state index in [0.29, 0.717) is 5.82 Å². The van der Waals surface area contributed by atoms with Gasteiger partial charge in [-0.05, 0) is 55.8 Å². The van der Waals surface area contributed by atoms with Crippen molar-refractivity contribution in [2.75, 3.05) is 13.1 Å². The van der Waals surface area contributed by atoms with Gasteiger partial charge in [-0.25, -0.2) is 17.9 Å². The fraction of sp³-hybridized carbons (Fsp3) is 0.300. The monoisotopic (exact) mass is 416 g/mol. The zero-order chi connectivity index (χ0) is 20.4. The van der Waals surface area contributed by atoms with Crippen molar-refractivity contribution in [2.24, 2.45) is 5.14 Å². The van der Waals surface area contributed by atoms with E-state index in [1.54, 1.807) is 0 Å². The number of likely N-dealkylation sites (tertiary alicyclic amines) is 1. The zero-order valence-electron chi connectivity index (χ0n) is 15.7. The summed E-state index contributed by atoms with van der Waals surface area (Å²) in [5.41, 5.74) is 2.24. The number of hydrogen-bond acceptors (Lipinski definition) is 6. The topological polar surface area (TPSA) is 102 Å². The molecule has 0 unspecified atom stereocenters. The Balaban J connectivity index is 1.56. The Morgan fingerprint density at radius 2 is 1.86 bits per heavy atom. The molecule has 2 N–H and O–H groups in total. The van der Waals surface area contributed by atoms with Gasteiger partial charge in [-0.15, -0.1) is 0 Å². The van der Waals surface area contributed by atoms with Crippen molar-refractivity contribution < 1.29 is 17.3 Å². The van der Waals surface area contributed by atoms with E-state index in [1.807, 2.05) is 18.2 Å². The first-order chi connectivity index (χ1) is 13.9. The van der Waals surface area contributed by atoms with E-state index in [-0.39, 0.29) is 11.5 Å². The largest absolute Gasteiger partial charge is 0.334 e. The summed E-state index contributed by atoms with van der Waals surface area (Å²) in [6, 6.07) is 11.4. The Morgan fingerprint density at radius 1 is 1.07 bits per heavy atom. The summed E-state index contributed by atoms with van der Waals surface area (Å²) in [6.45, 7) is 3.09. The maximum atomic E-state index is 14.1. The van der Waals surface area contributed by atoms with E-state index in [0.717, 1.165) is 37.3 Å². The molecule has 1 fully saturated rings. The van der Waals surface area contributed by atoms with Crippen LogP contribution in [-0.4, -0.2) is 36.5 Å². The number of hydrogen-bond donors (Lipinski definition) is 1. The van der Waals surface area contributed by atoms with E-state index < -0.39 is 20.7 Å². The SMILES string of the molecule is NS(=O)(=O)c1ccc(-c2nc(-c3cccc(CN4CCCCC4)c3)no2)cc1F. The number of rotatable bonds is 5. The molecule has 0 bridgehead atoms. The number of nitrogens with zero attached hydrogens (tertiary/aromatic N) is 3. The predicted molar refractivity (Wildman–Crippen MR) is 106 cm³/mol. The van der Waals surface area contributed by atoms with Crippen LogP contribution < -0.4 is 5.14 Å². The highest BCUT2D eigenvalue weighted by Crippen LogP contribution is 2.26. The molecule has 152 valence electrons. The number of benzene rings is 2. The van der Waals surface area contributed by atoms with Crippen molar-refractivity contribution in [3.8, 4) is 22.8 Å². The lowest BCUT2D eigenvalue weighted by Gasteiger charge is -2.26. The lowest BCUT2D eigenvalue weighted by atomic mass is 10.1. The summed E-state index contributed by atoms with van der Waals surface area (Å²) in [6.07, 6.45) is 3.75. The van der Waals surface area contributed by atoms with Gasteiger partial charge in [-0.2, -0.15) is 4.98 Å². The van der Waals surface area contributed by atoms with Gasteiger partial charge in [0.2, 0.25) is 15.8 Å². The van der Waals surface area contributed by atoms with Crippen molar-refractivity contribution in [3.05, 3.63) is 53.8 Å². The van der Waals surface area contributed by atoms with E-state index in [9.17, 15) is 12.8 Å². The smallest absolute Gasteiger partial charge is 0.258 e. The summed E-state index contributed by atoms with van der Waals surface area (Å²) in [4.78, 5) is 6.19. The normalized spacial score (nSPS) is 15.5. The van der Waals surface area contributed by atoms with Crippen molar-refractivity contribution >= 4 is 10.0 Å². The molecule has 1 saturated heterocycles. The minimum Gasteiger partial charge on any atom is -0.334 e. The summed E-state index contributed by atoms with van der Waals surface area (Å²) in [5, 5.41) is 8.97. The van der Waals surface area contributed by atoms with E-state index in [1.165, 1.54) is 30.9 Å². The molecule has 1 aliphatic rings. The first-order valence-electron chi connectivity index (χ1n) is 9.38. The molecule has 29 heavy (non-hydrogen) atoms. The molecule has 2 heterocycles.